The molecule has 2 unspecified atom stereocenters. The zero-order chi connectivity index (χ0) is 14.0. The molecule has 0 aliphatic heterocycles. The maximum atomic E-state index is 10.7. The fourth-order valence-corrected chi connectivity index (χ4v) is 2.91. The first-order chi connectivity index (χ1) is 9.02. The number of nitro benzene ring substituents is 1. The van der Waals surface area contributed by atoms with Crippen LogP contribution in [0.25, 0.3) is 0 Å². The van der Waals surface area contributed by atoms with E-state index in [1.165, 1.54) is 12.1 Å². The van der Waals surface area contributed by atoms with Crippen molar-refractivity contribution in [3.63, 3.8) is 0 Å². The normalized spacial score (nSPS) is 22.5. The summed E-state index contributed by atoms with van der Waals surface area (Å²) >= 11 is 12.0. The van der Waals surface area contributed by atoms with Crippen LogP contribution in [-0.4, -0.2) is 17.6 Å². The molecule has 1 saturated carbocycles. The number of hydrogen-bond acceptors (Lipinski definition) is 4. The van der Waals surface area contributed by atoms with Crippen molar-refractivity contribution in [3.05, 3.63) is 32.3 Å². The lowest BCUT2D eigenvalue weighted by Gasteiger charge is -2.21. The number of nitrogens with zero attached hydrogens (tertiary/aromatic N) is 1. The third-order valence-corrected chi connectivity index (χ3v) is 3.92. The first kappa shape index (κ1) is 14.4. The first-order valence-electron chi connectivity index (χ1n) is 6.03. The van der Waals surface area contributed by atoms with E-state index in [0.717, 1.165) is 19.3 Å². The summed E-state index contributed by atoms with van der Waals surface area (Å²) in [7, 11) is 0. The minimum atomic E-state index is -0.542. The second-order valence-corrected chi connectivity index (χ2v) is 5.39. The smallest absolute Gasteiger partial charge is 0.272 e. The fourth-order valence-electron chi connectivity index (χ4n) is 2.34. The molecule has 0 bridgehead atoms. The van der Waals surface area contributed by atoms with Crippen LogP contribution in [0.4, 0.5) is 5.69 Å². The Balaban J connectivity index is 2.23. The molecule has 104 valence electrons. The molecule has 0 amide bonds. The highest BCUT2D eigenvalue weighted by Gasteiger charge is 2.29. The van der Waals surface area contributed by atoms with Crippen molar-refractivity contribution in [2.24, 2.45) is 11.7 Å². The van der Waals surface area contributed by atoms with Gasteiger partial charge in [0.1, 0.15) is 6.10 Å². The van der Waals surface area contributed by atoms with E-state index in [1.54, 1.807) is 0 Å². The summed E-state index contributed by atoms with van der Waals surface area (Å²) in [6.07, 6.45) is 2.94. The van der Waals surface area contributed by atoms with Crippen LogP contribution in [0.2, 0.25) is 10.0 Å². The van der Waals surface area contributed by atoms with Gasteiger partial charge in [-0.3, -0.25) is 10.1 Å². The van der Waals surface area contributed by atoms with Gasteiger partial charge < -0.3 is 10.5 Å². The third-order valence-electron chi connectivity index (χ3n) is 3.36. The van der Waals surface area contributed by atoms with E-state index in [9.17, 15) is 10.1 Å². The lowest BCUT2D eigenvalue weighted by Crippen LogP contribution is -2.27. The molecule has 1 fully saturated rings. The summed E-state index contributed by atoms with van der Waals surface area (Å²) in [5.41, 5.74) is 5.53. The lowest BCUT2D eigenvalue weighted by molar-refractivity contribution is -0.384. The summed E-state index contributed by atoms with van der Waals surface area (Å²) in [6, 6.07) is 2.49. The molecule has 0 spiro atoms. The van der Waals surface area contributed by atoms with Crippen molar-refractivity contribution in [2.75, 3.05) is 6.54 Å². The Morgan fingerprint density at radius 1 is 1.37 bits per heavy atom. The number of nitro groups is 1. The van der Waals surface area contributed by atoms with Crippen molar-refractivity contribution in [1.29, 1.82) is 0 Å². The summed E-state index contributed by atoms with van der Waals surface area (Å²) < 4.78 is 5.81. The van der Waals surface area contributed by atoms with E-state index in [0.29, 0.717) is 12.3 Å². The minimum absolute atomic E-state index is 0.0264. The highest BCUT2D eigenvalue weighted by molar-refractivity contribution is 6.37. The molecule has 2 rings (SSSR count). The minimum Gasteiger partial charge on any atom is -0.487 e. The second kappa shape index (κ2) is 5.94. The maximum Gasteiger partial charge on any atom is 0.272 e. The molecule has 1 aromatic rings. The van der Waals surface area contributed by atoms with Gasteiger partial charge in [-0.1, -0.05) is 23.2 Å². The number of nitrogens with two attached hydrogens (primary N) is 1. The van der Waals surface area contributed by atoms with Crippen LogP contribution in [-0.2, 0) is 0 Å². The molecule has 0 heterocycles. The zero-order valence-electron chi connectivity index (χ0n) is 10.1. The Morgan fingerprint density at radius 2 is 2.00 bits per heavy atom. The van der Waals surface area contributed by atoms with Gasteiger partial charge in [0.15, 0.2) is 5.75 Å². The predicted molar refractivity (Wildman–Crippen MR) is 73.9 cm³/mol. The molecular formula is C12H14Cl2N2O3. The quantitative estimate of drug-likeness (QED) is 0.683. The topological polar surface area (TPSA) is 78.4 Å². The highest BCUT2D eigenvalue weighted by atomic mass is 35.5. The Morgan fingerprint density at radius 3 is 2.53 bits per heavy atom. The summed E-state index contributed by atoms with van der Waals surface area (Å²) in [6.45, 7) is 0.548. The molecule has 0 aromatic heterocycles. The number of ether oxygens (including phenoxy) is 1. The van der Waals surface area contributed by atoms with Crippen molar-refractivity contribution >= 4 is 28.9 Å². The number of non-ortho nitro benzene ring substituents is 1. The molecule has 1 aromatic carbocycles. The van der Waals surface area contributed by atoms with Crippen LogP contribution in [0, 0.1) is 16.0 Å². The molecule has 5 nitrogen and oxygen atoms in total. The van der Waals surface area contributed by atoms with Crippen molar-refractivity contribution in [1.82, 2.24) is 0 Å². The van der Waals surface area contributed by atoms with Gasteiger partial charge in [-0.2, -0.15) is 0 Å². The van der Waals surface area contributed by atoms with Gasteiger partial charge in [0.25, 0.3) is 5.69 Å². The van der Waals surface area contributed by atoms with Gasteiger partial charge in [0.2, 0.25) is 0 Å². The summed E-state index contributed by atoms with van der Waals surface area (Å²) in [5.74, 6) is 0.585. The Bertz CT molecular complexity index is 473. The average molecular weight is 305 g/mol. The summed E-state index contributed by atoms with van der Waals surface area (Å²) in [4.78, 5) is 10.1. The Hall–Kier alpha value is -1.04. The van der Waals surface area contributed by atoms with Crippen LogP contribution in [0.3, 0.4) is 0 Å². The lowest BCUT2D eigenvalue weighted by atomic mass is 10.1. The van der Waals surface area contributed by atoms with Gasteiger partial charge in [-0.15, -0.1) is 0 Å². The van der Waals surface area contributed by atoms with Crippen molar-refractivity contribution in [2.45, 2.75) is 25.4 Å². The fraction of sp³-hybridized carbons (Fsp3) is 0.500. The number of hydrogen-bond donors (Lipinski definition) is 1. The van der Waals surface area contributed by atoms with E-state index in [-0.39, 0.29) is 27.8 Å². The Kier molecular flexibility index (Phi) is 4.50. The van der Waals surface area contributed by atoms with Crippen LogP contribution in [0.15, 0.2) is 12.1 Å². The van der Waals surface area contributed by atoms with Crippen molar-refractivity contribution < 1.29 is 9.66 Å². The van der Waals surface area contributed by atoms with Crippen LogP contribution < -0.4 is 10.5 Å². The molecule has 1 aliphatic rings. The van der Waals surface area contributed by atoms with Gasteiger partial charge in [-0.25, -0.2) is 0 Å². The largest absolute Gasteiger partial charge is 0.487 e. The van der Waals surface area contributed by atoms with Gasteiger partial charge >= 0.3 is 0 Å². The van der Waals surface area contributed by atoms with E-state index in [2.05, 4.69) is 0 Å². The summed E-state index contributed by atoms with van der Waals surface area (Å²) in [5, 5.41) is 11.0. The van der Waals surface area contributed by atoms with E-state index in [4.69, 9.17) is 33.7 Å². The predicted octanol–water partition coefficient (Wildman–Crippen LogP) is 3.41. The average Bonchev–Trinajstić information content (AvgIpc) is 2.80. The molecule has 2 atom stereocenters. The number of rotatable bonds is 4. The highest BCUT2D eigenvalue weighted by Crippen LogP contribution is 2.39. The Labute approximate surface area is 120 Å². The van der Waals surface area contributed by atoms with Crippen molar-refractivity contribution in [3.8, 4) is 5.75 Å². The van der Waals surface area contributed by atoms with E-state index < -0.39 is 4.92 Å². The van der Waals surface area contributed by atoms with Crippen LogP contribution in [0.5, 0.6) is 5.75 Å². The standard InChI is InChI=1S/C12H14Cl2N2O3/c13-9-4-8(16(17)18)5-10(14)12(9)19-11-3-1-2-7(11)6-15/h4-5,7,11H,1-3,6,15H2. The molecule has 7 heteroatoms. The molecule has 2 N–H and O–H groups in total. The van der Waals surface area contributed by atoms with E-state index in [1.807, 2.05) is 0 Å². The number of benzene rings is 1. The maximum absolute atomic E-state index is 10.7. The zero-order valence-corrected chi connectivity index (χ0v) is 11.7. The first-order valence-corrected chi connectivity index (χ1v) is 6.78. The molecule has 19 heavy (non-hydrogen) atoms. The molecule has 0 saturated heterocycles. The van der Waals surface area contributed by atoms with E-state index >= 15 is 0 Å². The van der Waals surface area contributed by atoms with Crippen LogP contribution in [0.1, 0.15) is 19.3 Å². The molecular weight excluding hydrogens is 291 g/mol. The molecule has 1 aliphatic carbocycles. The SMILES string of the molecule is NCC1CCCC1Oc1c(Cl)cc([N+](=O)[O-])cc1Cl. The number of halogens is 2. The monoisotopic (exact) mass is 304 g/mol. The second-order valence-electron chi connectivity index (χ2n) is 4.58. The van der Waals surface area contributed by atoms with Gasteiger partial charge in [0, 0.05) is 18.1 Å². The van der Waals surface area contributed by atoms with Gasteiger partial charge in [-0.05, 0) is 25.8 Å². The van der Waals surface area contributed by atoms with Crippen LogP contribution >= 0.6 is 23.2 Å². The van der Waals surface area contributed by atoms with Gasteiger partial charge in [0.05, 0.1) is 15.0 Å². The third kappa shape index (κ3) is 3.11. The molecule has 0 radical (unpaired) electrons.